The van der Waals surface area contributed by atoms with Crippen LogP contribution >= 0.6 is 0 Å². The molecular weight excluding hydrogens is 475 g/mol. The zero-order chi connectivity index (χ0) is 25.6. The zero-order valence-electron chi connectivity index (χ0n) is 18.8. The summed E-state index contributed by atoms with van der Waals surface area (Å²) >= 11 is 0. The third-order valence-corrected chi connectivity index (χ3v) is 5.78. The molecule has 0 spiro atoms. The number of aromatic nitrogens is 2. The van der Waals surface area contributed by atoms with Crippen molar-refractivity contribution in [3.63, 3.8) is 0 Å². The van der Waals surface area contributed by atoms with Crippen molar-refractivity contribution in [1.82, 2.24) is 14.9 Å². The molecule has 4 N–H and O–H groups in total. The van der Waals surface area contributed by atoms with Gasteiger partial charge in [-0.2, -0.15) is 17.6 Å². The maximum atomic E-state index is 15.3. The highest BCUT2D eigenvalue weighted by Gasteiger charge is 2.32. The Kier molecular flexibility index (Phi) is 8.78. The third-order valence-electron chi connectivity index (χ3n) is 5.78. The summed E-state index contributed by atoms with van der Waals surface area (Å²) in [4.78, 5) is 22.1. The largest absolute Gasteiger partial charge is 0.416 e. The molecule has 0 bridgehead atoms. The maximum Gasteiger partial charge on any atom is 0.416 e. The van der Waals surface area contributed by atoms with Crippen LogP contribution in [0, 0.1) is 5.82 Å². The summed E-state index contributed by atoms with van der Waals surface area (Å²) in [7, 11) is 0. The van der Waals surface area contributed by atoms with Crippen LogP contribution < -0.4 is 16.0 Å². The molecular formula is C22H27F5N6O2. The summed E-state index contributed by atoms with van der Waals surface area (Å²) in [6.07, 6.45) is -2.98. The molecule has 1 aromatic carbocycles. The molecule has 192 valence electrons. The van der Waals surface area contributed by atoms with Crippen LogP contribution in [0.15, 0.2) is 30.6 Å². The molecule has 1 amide bonds. The second kappa shape index (κ2) is 11.6. The lowest BCUT2D eigenvalue weighted by atomic mass is 9.98. The number of carbonyl (C=O) groups excluding carboxylic acids is 1. The van der Waals surface area contributed by atoms with E-state index in [-0.39, 0.29) is 37.8 Å². The monoisotopic (exact) mass is 502 g/mol. The fourth-order valence-electron chi connectivity index (χ4n) is 4.05. The van der Waals surface area contributed by atoms with E-state index in [9.17, 15) is 27.5 Å². The van der Waals surface area contributed by atoms with Crippen LogP contribution in [0.5, 0.6) is 0 Å². The lowest BCUT2D eigenvalue weighted by Gasteiger charge is -2.38. The lowest BCUT2D eigenvalue weighted by Crippen LogP contribution is -2.54. The summed E-state index contributed by atoms with van der Waals surface area (Å²) in [6, 6.07) is 3.77. The van der Waals surface area contributed by atoms with Crippen LogP contribution in [0.3, 0.4) is 0 Å². The minimum atomic E-state index is -4.49. The third kappa shape index (κ3) is 6.98. The molecule has 2 unspecified atom stereocenters. The molecule has 1 fully saturated rings. The number of nitrogens with zero attached hydrogens (tertiary/aromatic N) is 4. The number of nitrogens with one attached hydrogen (secondary N) is 1. The van der Waals surface area contributed by atoms with E-state index < -0.39 is 42.3 Å². The Morgan fingerprint density at radius 2 is 1.97 bits per heavy atom. The van der Waals surface area contributed by atoms with Gasteiger partial charge in [0.1, 0.15) is 13.0 Å². The Balaban J connectivity index is 1.76. The molecule has 2 heterocycles. The quantitative estimate of drug-likeness (QED) is 0.428. The molecule has 0 radical (unpaired) electrons. The Bertz CT molecular complexity index is 991. The van der Waals surface area contributed by atoms with Gasteiger partial charge in [0.05, 0.1) is 24.3 Å². The van der Waals surface area contributed by atoms with E-state index in [4.69, 9.17) is 5.73 Å². The normalized spacial score (nSPS) is 18.9. The minimum Gasteiger partial charge on any atom is -0.391 e. The van der Waals surface area contributed by atoms with Gasteiger partial charge in [-0.25, -0.2) is 14.4 Å². The van der Waals surface area contributed by atoms with Gasteiger partial charge in [0.2, 0.25) is 11.7 Å². The number of likely N-dealkylation sites (tertiary alicyclic amines) is 1. The first-order valence-corrected chi connectivity index (χ1v) is 11.0. The zero-order valence-corrected chi connectivity index (χ0v) is 18.8. The number of hydrogen-bond acceptors (Lipinski definition) is 7. The summed E-state index contributed by atoms with van der Waals surface area (Å²) in [5.74, 6) is -1.84. The molecule has 1 aliphatic heterocycles. The summed E-state index contributed by atoms with van der Waals surface area (Å²) in [5.41, 5.74) is 4.86. The van der Waals surface area contributed by atoms with Gasteiger partial charge in [-0.15, -0.1) is 0 Å². The van der Waals surface area contributed by atoms with Gasteiger partial charge in [-0.3, -0.25) is 9.69 Å². The van der Waals surface area contributed by atoms with Crippen LogP contribution in [-0.2, 0) is 17.5 Å². The second-order valence-corrected chi connectivity index (χ2v) is 8.26. The van der Waals surface area contributed by atoms with E-state index in [1.54, 1.807) is 4.90 Å². The average molecular weight is 502 g/mol. The van der Waals surface area contributed by atoms with Crippen LogP contribution in [0.25, 0.3) is 0 Å². The van der Waals surface area contributed by atoms with Crippen molar-refractivity contribution in [3.8, 4) is 0 Å². The van der Waals surface area contributed by atoms with E-state index in [0.29, 0.717) is 24.9 Å². The number of carbonyl (C=O) groups is 1. The molecule has 0 saturated carbocycles. The number of benzene rings is 1. The van der Waals surface area contributed by atoms with Crippen molar-refractivity contribution in [2.75, 3.05) is 43.1 Å². The number of nitrogens with two attached hydrogens (primary N) is 1. The standard InChI is InChI=1S/C22H27F5N6O2/c23-7-9-33(11-14-3-5-15(6-4-14)22(25,26)27)21-19(24)20(30-13-31-21)29-10-16-17(34)2-1-8-32(16)12-18(28)35/h3-6,13,16-17,34H,1-2,7-12H2,(H2,28,35)(H,29,30,31). The minimum absolute atomic E-state index is 0.0572. The van der Waals surface area contributed by atoms with Crippen LogP contribution in [0.1, 0.15) is 24.0 Å². The van der Waals surface area contributed by atoms with E-state index in [2.05, 4.69) is 15.3 Å². The van der Waals surface area contributed by atoms with E-state index >= 15 is 4.39 Å². The average Bonchev–Trinajstić information content (AvgIpc) is 2.79. The first kappa shape index (κ1) is 26.5. The van der Waals surface area contributed by atoms with Crippen molar-refractivity contribution in [3.05, 3.63) is 47.5 Å². The SMILES string of the molecule is NC(=O)CN1CCCC(O)C1CNc1ncnc(N(CCF)Cc2ccc(C(F)(F)F)cc2)c1F. The smallest absolute Gasteiger partial charge is 0.391 e. The molecule has 1 aliphatic rings. The number of primary amides is 1. The van der Waals surface area contributed by atoms with Gasteiger partial charge in [-0.05, 0) is 37.1 Å². The van der Waals surface area contributed by atoms with Crippen molar-refractivity contribution in [1.29, 1.82) is 0 Å². The number of aliphatic hydroxyl groups is 1. The van der Waals surface area contributed by atoms with Crippen LogP contribution in [-0.4, -0.2) is 70.9 Å². The van der Waals surface area contributed by atoms with Crippen molar-refractivity contribution < 1.29 is 31.9 Å². The predicted molar refractivity (Wildman–Crippen MR) is 119 cm³/mol. The van der Waals surface area contributed by atoms with E-state index in [1.807, 2.05) is 0 Å². The first-order valence-electron chi connectivity index (χ1n) is 11.0. The Labute approximate surface area is 198 Å². The van der Waals surface area contributed by atoms with Crippen LogP contribution in [0.4, 0.5) is 33.6 Å². The predicted octanol–water partition coefficient (Wildman–Crippen LogP) is 2.33. The number of halogens is 5. The second-order valence-electron chi connectivity index (χ2n) is 8.26. The van der Waals surface area contributed by atoms with Gasteiger partial charge in [0.15, 0.2) is 11.6 Å². The van der Waals surface area contributed by atoms with Gasteiger partial charge < -0.3 is 21.1 Å². The molecule has 13 heteroatoms. The highest BCUT2D eigenvalue weighted by molar-refractivity contribution is 5.76. The molecule has 0 aliphatic carbocycles. The number of aliphatic hydroxyl groups excluding tert-OH is 1. The van der Waals surface area contributed by atoms with Gasteiger partial charge in [-0.1, -0.05) is 12.1 Å². The van der Waals surface area contributed by atoms with Gasteiger partial charge in [0, 0.05) is 19.6 Å². The number of piperidine rings is 1. The Morgan fingerprint density at radius 3 is 2.60 bits per heavy atom. The molecule has 2 atom stereocenters. The fraction of sp³-hybridized carbons (Fsp3) is 0.500. The molecule has 2 aromatic rings. The fourth-order valence-corrected chi connectivity index (χ4v) is 4.05. The topological polar surface area (TPSA) is 108 Å². The number of alkyl halides is 4. The summed E-state index contributed by atoms with van der Waals surface area (Å²) < 4.78 is 66.9. The molecule has 3 rings (SSSR count). The van der Waals surface area contributed by atoms with Crippen molar-refractivity contribution >= 4 is 17.5 Å². The Morgan fingerprint density at radius 1 is 1.26 bits per heavy atom. The highest BCUT2D eigenvalue weighted by atomic mass is 19.4. The van der Waals surface area contributed by atoms with Crippen molar-refractivity contribution in [2.24, 2.45) is 5.73 Å². The summed E-state index contributed by atoms with van der Waals surface area (Å²) in [5, 5.41) is 13.2. The van der Waals surface area contributed by atoms with E-state index in [0.717, 1.165) is 18.5 Å². The summed E-state index contributed by atoms with van der Waals surface area (Å²) in [6.45, 7) is -0.627. The molecule has 1 saturated heterocycles. The molecule has 35 heavy (non-hydrogen) atoms. The van der Waals surface area contributed by atoms with Gasteiger partial charge >= 0.3 is 6.18 Å². The number of hydrogen-bond donors (Lipinski definition) is 3. The van der Waals surface area contributed by atoms with E-state index in [1.165, 1.54) is 17.0 Å². The number of amides is 1. The molecule has 1 aromatic heterocycles. The van der Waals surface area contributed by atoms with Crippen LogP contribution in [0.2, 0.25) is 0 Å². The Hall–Kier alpha value is -3.06. The van der Waals surface area contributed by atoms with Gasteiger partial charge in [0.25, 0.3) is 0 Å². The van der Waals surface area contributed by atoms with Crippen molar-refractivity contribution in [2.45, 2.75) is 37.7 Å². The molecule has 8 nitrogen and oxygen atoms in total. The highest BCUT2D eigenvalue weighted by Crippen LogP contribution is 2.30. The number of anilines is 2. The maximum absolute atomic E-state index is 15.3. The number of rotatable bonds is 10. The lowest BCUT2D eigenvalue weighted by molar-refractivity contribution is -0.137. The first-order chi connectivity index (χ1) is 16.6.